The average Bonchev–Trinajstić information content (AvgIpc) is 2.88. The van der Waals surface area contributed by atoms with Gasteiger partial charge in [-0.05, 0) is 24.3 Å². The van der Waals surface area contributed by atoms with E-state index in [1.807, 2.05) is 30.1 Å². The Balaban J connectivity index is 0.00000176. The molecule has 0 amide bonds. The van der Waals surface area contributed by atoms with Gasteiger partial charge in [0.2, 0.25) is 12.3 Å². The van der Waals surface area contributed by atoms with E-state index < -0.39 is 0 Å². The van der Waals surface area contributed by atoms with Crippen molar-refractivity contribution in [2.45, 2.75) is 6.54 Å². The van der Waals surface area contributed by atoms with Crippen LogP contribution in [0.3, 0.4) is 0 Å². The molecule has 1 aromatic carbocycles. The van der Waals surface area contributed by atoms with Crippen LogP contribution in [0.5, 0.6) is 5.75 Å². The summed E-state index contributed by atoms with van der Waals surface area (Å²) >= 11 is 0. The van der Waals surface area contributed by atoms with Crippen LogP contribution >= 0.6 is 17.0 Å². The lowest BCUT2D eigenvalue weighted by Crippen LogP contribution is -2.37. The van der Waals surface area contributed by atoms with Gasteiger partial charge in [-0.1, -0.05) is 5.21 Å². The molecular weight excluding hydrogens is 348 g/mol. The molecule has 0 N–H and O–H groups in total. The average molecular weight is 364 g/mol. The molecule has 0 fully saturated rings. The number of rotatable bonds is 4. The lowest BCUT2D eigenvalue weighted by molar-refractivity contribution is -0.681. The normalized spacial score (nSPS) is 10.3. The Labute approximate surface area is 138 Å². The zero-order valence-corrected chi connectivity index (χ0v) is 14.0. The summed E-state index contributed by atoms with van der Waals surface area (Å²) < 4.78 is 8.59. The number of nitrogens with zero attached hydrogens (tertiary/aromatic N) is 4. The molecule has 2 heterocycles. The molecule has 0 aliphatic heterocycles. The minimum Gasteiger partial charge on any atom is -0.497 e. The molecule has 0 aliphatic carbocycles. The van der Waals surface area contributed by atoms with Crippen molar-refractivity contribution < 1.29 is 14.1 Å². The monoisotopic (exact) mass is 363 g/mol. The third-order valence-electron chi connectivity index (χ3n) is 3.35. The van der Waals surface area contributed by atoms with E-state index in [0.717, 1.165) is 16.8 Å². The van der Waals surface area contributed by atoms with E-state index in [1.165, 1.54) is 0 Å². The van der Waals surface area contributed by atoms with Gasteiger partial charge in [-0.3, -0.25) is 4.79 Å². The first-order valence-electron chi connectivity index (χ1n) is 6.53. The van der Waals surface area contributed by atoms with Crippen LogP contribution in [0.4, 0.5) is 0 Å². The highest BCUT2D eigenvalue weighted by Crippen LogP contribution is 2.12. The predicted molar refractivity (Wildman–Crippen MR) is 86.4 cm³/mol. The molecule has 114 valence electrons. The maximum atomic E-state index is 12.3. The summed E-state index contributed by atoms with van der Waals surface area (Å²) in [5.41, 5.74) is 2.35. The lowest BCUT2D eigenvalue weighted by atomic mass is 10.1. The molecule has 0 saturated heterocycles. The third-order valence-corrected chi connectivity index (χ3v) is 3.35. The molecule has 0 bridgehead atoms. The first-order valence-corrected chi connectivity index (χ1v) is 6.53. The van der Waals surface area contributed by atoms with E-state index in [-0.39, 0.29) is 29.3 Å². The fourth-order valence-corrected chi connectivity index (χ4v) is 2.16. The molecule has 6 nitrogen and oxygen atoms in total. The smallest absolute Gasteiger partial charge is 0.227 e. The second-order valence-corrected chi connectivity index (χ2v) is 4.75. The number of ketones is 1. The molecular formula is C15H16BrN4O2+. The van der Waals surface area contributed by atoms with Gasteiger partial charge >= 0.3 is 0 Å². The standard InChI is InChI=1S/C15H15N4O2.BrH/c1-18-14-7-8-19(9-13(14)16-17-18)10-15(20)11-3-5-12(21-2)6-4-11;/h3-9H,10H2,1-2H3;1H/q+1;. The zero-order chi connectivity index (χ0) is 14.8. The van der Waals surface area contributed by atoms with Gasteiger partial charge in [-0.15, -0.1) is 22.1 Å². The highest BCUT2D eigenvalue weighted by Gasteiger charge is 2.14. The summed E-state index contributed by atoms with van der Waals surface area (Å²) in [7, 11) is 3.44. The van der Waals surface area contributed by atoms with E-state index >= 15 is 0 Å². The number of carbonyl (C=O) groups excluding carboxylic acids is 1. The van der Waals surface area contributed by atoms with Crippen LogP contribution in [0.25, 0.3) is 11.0 Å². The van der Waals surface area contributed by atoms with Crippen LogP contribution in [0.2, 0.25) is 0 Å². The summed E-state index contributed by atoms with van der Waals surface area (Å²) in [5.74, 6) is 0.770. The molecule has 2 aromatic heterocycles. The number of hydrogen-bond donors (Lipinski definition) is 0. The third kappa shape index (κ3) is 3.14. The Bertz CT molecular complexity index is 799. The van der Waals surface area contributed by atoms with E-state index in [2.05, 4.69) is 10.3 Å². The van der Waals surface area contributed by atoms with Crippen molar-refractivity contribution in [1.82, 2.24) is 15.0 Å². The number of aryl methyl sites for hydroxylation is 1. The SMILES string of the molecule is Br.COc1ccc(C(=O)C[n+]2ccc3c(c2)nnn3C)cc1. The first kappa shape index (κ1) is 16.1. The Kier molecular flexibility index (Phi) is 4.87. The number of pyridine rings is 1. The van der Waals surface area contributed by atoms with Gasteiger partial charge < -0.3 is 4.74 Å². The number of Topliss-reactive ketones (excluding diaryl/α,β-unsaturated/α-hetero) is 1. The Morgan fingerprint density at radius 1 is 1.27 bits per heavy atom. The van der Waals surface area contributed by atoms with Crippen molar-refractivity contribution >= 4 is 33.8 Å². The first-order chi connectivity index (χ1) is 10.2. The minimum atomic E-state index is 0. The highest BCUT2D eigenvalue weighted by atomic mass is 79.9. The summed E-state index contributed by atoms with van der Waals surface area (Å²) in [6.45, 7) is 0.263. The van der Waals surface area contributed by atoms with Crippen LogP contribution in [-0.2, 0) is 13.6 Å². The second-order valence-electron chi connectivity index (χ2n) is 4.75. The van der Waals surface area contributed by atoms with Crippen molar-refractivity contribution in [1.29, 1.82) is 0 Å². The van der Waals surface area contributed by atoms with Crippen molar-refractivity contribution in [2.24, 2.45) is 7.05 Å². The number of halogens is 1. The number of aromatic nitrogens is 4. The van der Waals surface area contributed by atoms with Gasteiger partial charge in [-0.25, -0.2) is 4.68 Å². The van der Waals surface area contributed by atoms with Gasteiger partial charge in [0.05, 0.1) is 7.11 Å². The molecule has 0 spiro atoms. The van der Waals surface area contributed by atoms with Crippen molar-refractivity contribution in [3.05, 3.63) is 48.3 Å². The molecule has 0 saturated carbocycles. The Hall–Kier alpha value is -2.28. The molecule has 0 atom stereocenters. The van der Waals surface area contributed by atoms with E-state index in [9.17, 15) is 4.79 Å². The summed E-state index contributed by atoms with van der Waals surface area (Å²) in [6, 6.07) is 9.00. The molecule has 7 heteroatoms. The van der Waals surface area contributed by atoms with Crippen molar-refractivity contribution in [2.75, 3.05) is 7.11 Å². The maximum Gasteiger partial charge on any atom is 0.227 e. The predicted octanol–water partition coefficient (Wildman–Crippen LogP) is 1.73. The van der Waals surface area contributed by atoms with Crippen molar-refractivity contribution in [3.8, 4) is 5.75 Å². The minimum absolute atomic E-state index is 0. The highest BCUT2D eigenvalue weighted by molar-refractivity contribution is 8.93. The van der Waals surface area contributed by atoms with Crippen LogP contribution in [-0.4, -0.2) is 27.9 Å². The topological polar surface area (TPSA) is 60.9 Å². The van der Waals surface area contributed by atoms with Gasteiger partial charge in [0.15, 0.2) is 17.9 Å². The number of benzene rings is 1. The number of ether oxygens (including phenoxy) is 1. The van der Waals surface area contributed by atoms with Crippen LogP contribution in [0.15, 0.2) is 42.7 Å². The fraction of sp³-hybridized carbons (Fsp3) is 0.200. The van der Waals surface area contributed by atoms with Crippen LogP contribution < -0.4 is 9.30 Å². The number of hydrogen-bond acceptors (Lipinski definition) is 4. The van der Waals surface area contributed by atoms with Gasteiger partial charge in [-0.2, -0.15) is 4.57 Å². The second kappa shape index (κ2) is 6.65. The molecule has 3 rings (SSSR count). The number of fused-ring (bicyclic) bond motifs is 1. The van der Waals surface area contributed by atoms with E-state index in [1.54, 1.807) is 36.1 Å². The van der Waals surface area contributed by atoms with Gasteiger partial charge in [0.1, 0.15) is 11.3 Å². The fourth-order valence-electron chi connectivity index (χ4n) is 2.16. The van der Waals surface area contributed by atoms with E-state index in [4.69, 9.17) is 4.74 Å². The van der Waals surface area contributed by atoms with Gasteiger partial charge in [0.25, 0.3) is 0 Å². The molecule has 0 unspecified atom stereocenters. The molecule has 3 aromatic rings. The quantitative estimate of drug-likeness (QED) is 0.523. The largest absolute Gasteiger partial charge is 0.497 e. The van der Waals surface area contributed by atoms with Crippen LogP contribution in [0, 0.1) is 0 Å². The summed E-state index contributed by atoms with van der Waals surface area (Å²) in [4.78, 5) is 12.3. The number of carbonyl (C=O) groups is 1. The van der Waals surface area contributed by atoms with Crippen LogP contribution in [0.1, 0.15) is 10.4 Å². The van der Waals surface area contributed by atoms with Gasteiger partial charge in [0, 0.05) is 18.7 Å². The Morgan fingerprint density at radius 2 is 2.00 bits per heavy atom. The molecule has 0 radical (unpaired) electrons. The summed E-state index contributed by atoms with van der Waals surface area (Å²) in [6.07, 6.45) is 3.68. The summed E-state index contributed by atoms with van der Waals surface area (Å²) in [5, 5.41) is 7.99. The zero-order valence-electron chi connectivity index (χ0n) is 12.3. The van der Waals surface area contributed by atoms with Crippen molar-refractivity contribution in [3.63, 3.8) is 0 Å². The maximum absolute atomic E-state index is 12.3. The number of methoxy groups -OCH3 is 1. The lowest BCUT2D eigenvalue weighted by Gasteiger charge is -2.01. The molecule has 0 aliphatic rings. The molecule has 22 heavy (non-hydrogen) atoms. The Morgan fingerprint density at radius 3 is 2.68 bits per heavy atom. The van der Waals surface area contributed by atoms with E-state index in [0.29, 0.717) is 5.56 Å².